The predicted molar refractivity (Wildman–Crippen MR) is 83.7 cm³/mol. The van der Waals surface area contributed by atoms with Gasteiger partial charge in [-0.3, -0.25) is 4.79 Å². The highest BCUT2D eigenvalue weighted by molar-refractivity contribution is 7.89. The second-order valence-corrected chi connectivity index (χ2v) is 7.11. The van der Waals surface area contributed by atoms with E-state index in [2.05, 4.69) is 9.88 Å². The largest absolute Gasteiger partial charge is 0.360 e. The van der Waals surface area contributed by atoms with Crippen LogP contribution in [0.3, 0.4) is 0 Å². The van der Waals surface area contributed by atoms with E-state index in [9.17, 15) is 13.2 Å². The summed E-state index contributed by atoms with van der Waals surface area (Å²) in [4.78, 5) is 13.7. The number of carbonyl (C=O) groups is 1. The lowest BCUT2D eigenvalue weighted by Gasteiger charge is -2.17. The molecule has 0 radical (unpaired) electrons. The molecule has 1 amide bonds. The molecule has 1 aromatic heterocycles. The van der Waals surface area contributed by atoms with E-state index in [1.54, 1.807) is 18.7 Å². The summed E-state index contributed by atoms with van der Waals surface area (Å²) in [6.07, 6.45) is 0.354. The number of aryl methyl sites for hydroxylation is 2. The maximum absolute atomic E-state index is 12.3. The normalized spacial score (nSPS) is 14.3. The molecule has 1 aliphatic heterocycles. The van der Waals surface area contributed by atoms with E-state index in [1.807, 2.05) is 24.3 Å². The first-order chi connectivity index (χ1) is 10.9. The van der Waals surface area contributed by atoms with Gasteiger partial charge in [-0.2, -0.15) is 0 Å². The van der Waals surface area contributed by atoms with Gasteiger partial charge in [0.2, 0.25) is 15.9 Å². The van der Waals surface area contributed by atoms with Gasteiger partial charge in [0.15, 0.2) is 5.76 Å². The lowest BCUT2D eigenvalue weighted by Crippen LogP contribution is -2.36. The fourth-order valence-corrected chi connectivity index (χ4v) is 4.13. The number of para-hydroxylation sites is 1. The van der Waals surface area contributed by atoms with Crippen molar-refractivity contribution in [3.05, 3.63) is 41.3 Å². The second kappa shape index (κ2) is 5.78. The SMILES string of the molecule is Cc1noc(C)c1S(=O)(=O)NCCN1C(=O)Cc2ccccc21. The first-order valence-electron chi connectivity index (χ1n) is 7.21. The monoisotopic (exact) mass is 335 g/mol. The molecule has 2 aromatic rings. The van der Waals surface area contributed by atoms with Gasteiger partial charge >= 0.3 is 0 Å². The van der Waals surface area contributed by atoms with Gasteiger partial charge in [-0.25, -0.2) is 13.1 Å². The quantitative estimate of drug-likeness (QED) is 0.885. The lowest BCUT2D eigenvalue weighted by molar-refractivity contribution is -0.117. The minimum Gasteiger partial charge on any atom is -0.360 e. The van der Waals surface area contributed by atoms with Gasteiger partial charge in [0.05, 0.1) is 6.42 Å². The Morgan fingerprint density at radius 2 is 2.04 bits per heavy atom. The number of fused-ring (bicyclic) bond motifs is 1. The topological polar surface area (TPSA) is 92.5 Å². The maximum Gasteiger partial charge on any atom is 0.246 e. The van der Waals surface area contributed by atoms with Crippen molar-refractivity contribution < 1.29 is 17.7 Å². The number of aromatic nitrogens is 1. The fraction of sp³-hybridized carbons (Fsp3) is 0.333. The summed E-state index contributed by atoms with van der Waals surface area (Å²) in [6, 6.07) is 7.51. The van der Waals surface area contributed by atoms with Crippen molar-refractivity contribution in [3.8, 4) is 0 Å². The molecule has 0 saturated heterocycles. The van der Waals surface area contributed by atoms with Crippen LogP contribution in [0.15, 0.2) is 33.7 Å². The first-order valence-corrected chi connectivity index (χ1v) is 8.69. The van der Waals surface area contributed by atoms with Crippen LogP contribution in [0.5, 0.6) is 0 Å². The molecule has 0 saturated carbocycles. The molecule has 1 aromatic carbocycles. The molecular formula is C15H17N3O4S. The van der Waals surface area contributed by atoms with E-state index >= 15 is 0 Å². The summed E-state index contributed by atoms with van der Waals surface area (Å²) in [5.74, 6) is 0.223. The number of hydrogen-bond acceptors (Lipinski definition) is 5. The van der Waals surface area contributed by atoms with Crippen LogP contribution in [0.25, 0.3) is 0 Å². The van der Waals surface area contributed by atoms with Crippen molar-refractivity contribution in [3.63, 3.8) is 0 Å². The number of anilines is 1. The average molecular weight is 335 g/mol. The van der Waals surface area contributed by atoms with Crippen LogP contribution in [0, 0.1) is 13.8 Å². The summed E-state index contributed by atoms with van der Waals surface area (Å²) < 4.78 is 32.0. The smallest absolute Gasteiger partial charge is 0.246 e. The summed E-state index contributed by atoms with van der Waals surface area (Å²) >= 11 is 0. The Morgan fingerprint density at radius 3 is 2.74 bits per heavy atom. The molecule has 122 valence electrons. The van der Waals surface area contributed by atoms with Crippen molar-refractivity contribution in [1.29, 1.82) is 0 Å². The van der Waals surface area contributed by atoms with Crippen LogP contribution < -0.4 is 9.62 Å². The Bertz CT molecular complexity index is 838. The van der Waals surface area contributed by atoms with Crippen molar-refractivity contribution in [2.45, 2.75) is 25.2 Å². The Morgan fingerprint density at radius 1 is 1.30 bits per heavy atom. The van der Waals surface area contributed by atoms with Crippen molar-refractivity contribution in [2.24, 2.45) is 0 Å². The Kier molecular flexibility index (Phi) is 3.95. The highest BCUT2D eigenvalue weighted by Crippen LogP contribution is 2.27. The Labute approximate surface area is 134 Å². The van der Waals surface area contributed by atoms with Crippen LogP contribution in [-0.4, -0.2) is 32.6 Å². The predicted octanol–water partition coefficient (Wildman–Crippen LogP) is 1.16. The minimum absolute atomic E-state index is 0.0252. The molecule has 1 N–H and O–H groups in total. The summed E-state index contributed by atoms with van der Waals surface area (Å²) in [5.41, 5.74) is 2.12. The zero-order valence-electron chi connectivity index (χ0n) is 12.9. The van der Waals surface area contributed by atoms with Crippen molar-refractivity contribution >= 4 is 21.6 Å². The van der Waals surface area contributed by atoms with Crippen LogP contribution in [-0.2, 0) is 21.2 Å². The number of nitrogens with zero attached hydrogens (tertiary/aromatic N) is 2. The fourth-order valence-electron chi connectivity index (χ4n) is 2.78. The molecule has 3 rings (SSSR count). The highest BCUT2D eigenvalue weighted by atomic mass is 32.2. The van der Waals surface area contributed by atoms with E-state index in [0.29, 0.717) is 12.1 Å². The van der Waals surface area contributed by atoms with Crippen LogP contribution in [0.1, 0.15) is 17.0 Å². The first kappa shape index (κ1) is 15.7. The second-order valence-electron chi connectivity index (χ2n) is 5.40. The van der Waals surface area contributed by atoms with Crippen LogP contribution >= 0.6 is 0 Å². The number of sulfonamides is 1. The standard InChI is InChI=1S/C15H17N3O4S/c1-10-15(11(2)22-17-10)23(20,21)16-7-8-18-13-6-4-3-5-12(13)9-14(18)19/h3-6,16H,7-9H2,1-2H3. The van der Waals surface area contributed by atoms with E-state index in [1.165, 1.54) is 0 Å². The number of carbonyl (C=O) groups excluding carboxylic acids is 1. The van der Waals surface area contributed by atoms with Crippen molar-refractivity contribution in [1.82, 2.24) is 9.88 Å². The molecule has 7 nitrogen and oxygen atoms in total. The summed E-state index contributed by atoms with van der Waals surface area (Å²) in [5, 5.41) is 3.65. The van der Waals surface area contributed by atoms with Crippen LogP contribution in [0.2, 0.25) is 0 Å². The molecule has 8 heteroatoms. The summed E-state index contributed by atoms with van der Waals surface area (Å²) in [7, 11) is -3.71. The van der Waals surface area contributed by atoms with Crippen molar-refractivity contribution in [2.75, 3.05) is 18.0 Å². The molecule has 23 heavy (non-hydrogen) atoms. The van der Waals surface area contributed by atoms with Gasteiger partial charge in [-0.15, -0.1) is 0 Å². The minimum atomic E-state index is -3.71. The molecule has 1 aliphatic rings. The molecule has 0 fully saturated rings. The number of nitrogens with one attached hydrogen (secondary N) is 1. The highest BCUT2D eigenvalue weighted by Gasteiger charge is 2.28. The number of amides is 1. The van der Waals surface area contributed by atoms with Gasteiger partial charge in [0.25, 0.3) is 0 Å². The molecule has 0 atom stereocenters. The summed E-state index contributed by atoms with van der Waals surface area (Å²) in [6.45, 7) is 3.52. The van der Waals surface area contributed by atoms with Gasteiger partial charge in [0, 0.05) is 18.8 Å². The average Bonchev–Trinajstić information content (AvgIpc) is 2.99. The van der Waals surface area contributed by atoms with E-state index in [0.717, 1.165) is 11.3 Å². The zero-order chi connectivity index (χ0) is 16.6. The van der Waals surface area contributed by atoms with Crippen LogP contribution in [0.4, 0.5) is 5.69 Å². The number of hydrogen-bond donors (Lipinski definition) is 1. The third-order valence-corrected chi connectivity index (χ3v) is 5.49. The molecular weight excluding hydrogens is 318 g/mol. The van der Waals surface area contributed by atoms with E-state index < -0.39 is 10.0 Å². The molecule has 0 bridgehead atoms. The van der Waals surface area contributed by atoms with Gasteiger partial charge in [0.1, 0.15) is 10.6 Å². The van der Waals surface area contributed by atoms with Gasteiger partial charge < -0.3 is 9.42 Å². The van der Waals surface area contributed by atoms with Gasteiger partial charge in [-0.1, -0.05) is 23.4 Å². The molecule has 0 aliphatic carbocycles. The van der Waals surface area contributed by atoms with E-state index in [-0.39, 0.29) is 29.7 Å². The third-order valence-electron chi connectivity index (χ3n) is 3.79. The number of benzene rings is 1. The Hall–Kier alpha value is -2.19. The lowest BCUT2D eigenvalue weighted by atomic mass is 10.2. The molecule has 2 heterocycles. The molecule has 0 spiro atoms. The number of rotatable bonds is 5. The van der Waals surface area contributed by atoms with Gasteiger partial charge in [-0.05, 0) is 25.5 Å². The third kappa shape index (κ3) is 2.87. The van der Waals surface area contributed by atoms with E-state index in [4.69, 9.17) is 4.52 Å². The zero-order valence-corrected chi connectivity index (χ0v) is 13.7. The maximum atomic E-state index is 12.3. The Balaban J connectivity index is 1.70. The molecule has 0 unspecified atom stereocenters.